The zero-order valence-electron chi connectivity index (χ0n) is 15.8. The SMILES string of the molecule is CCCCOc1ccc(Nc2ncnc(NCc3ccccc3Cl)c2N)cc1. The Morgan fingerprint density at radius 1 is 1.04 bits per heavy atom. The molecule has 3 aromatic rings. The molecule has 0 fully saturated rings. The molecule has 1 heterocycles. The Morgan fingerprint density at radius 2 is 1.79 bits per heavy atom. The molecule has 0 atom stereocenters. The lowest BCUT2D eigenvalue weighted by Crippen LogP contribution is -2.08. The first-order chi connectivity index (χ1) is 13.7. The van der Waals surface area contributed by atoms with Gasteiger partial charge < -0.3 is 21.1 Å². The summed E-state index contributed by atoms with van der Waals surface area (Å²) in [6, 6.07) is 15.3. The second kappa shape index (κ2) is 9.80. The van der Waals surface area contributed by atoms with E-state index >= 15 is 0 Å². The Bertz CT molecular complexity index is 902. The molecule has 0 saturated heterocycles. The van der Waals surface area contributed by atoms with E-state index in [4.69, 9.17) is 22.1 Å². The van der Waals surface area contributed by atoms with E-state index in [-0.39, 0.29) is 0 Å². The quantitative estimate of drug-likeness (QED) is 0.428. The monoisotopic (exact) mass is 397 g/mol. The van der Waals surface area contributed by atoms with Crippen molar-refractivity contribution in [1.29, 1.82) is 0 Å². The van der Waals surface area contributed by atoms with Gasteiger partial charge in [-0.05, 0) is 42.3 Å². The van der Waals surface area contributed by atoms with Gasteiger partial charge in [0.2, 0.25) is 0 Å². The molecule has 4 N–H and O–H groups in total. The Morgan fingerprint density at radius 3 is 2.54 bits per heavy atom. The molecule has 146 valence electrons. The summed E-state index contributed by atoms with van der Waals surface area (Å²) in [5.74, 6) is 1.94. The topological polar surface area (TPSA) is 85.1 Å². The highest BCUT2D eigenvalue weighted by molar-refractivity contribution is 6.31. The molecule has 0 aliphatic rings. The number of aromatic nitrogens is 2. The van der Waals surface area contributed by atoms with Crippen molar-refractivity contribution in [2.45, 2.75) is 26.3 Å². The number of benzene rings is 2. The van der Waals surface area contributed by atoms with Gasteiger partial charge in [-0.25, -0.2) is 9.97 Å². The highest BCUT2D eigenvalue weighted by Gasteiger charge is 2.09. The van der Waals surface area contributed by atoms with Crippen molar-refractivity contribution in [2.24, 2.45) is 0 Å². The van der Waals surface area contributed by atoms with Gasteiger partial charge in [0.05, 0.1) is 6.61 Å². The molecule has 1 aromatic heterocycles. The lowest BCUT2D eigenvalue weighted by atomic mass is 10.2. The standard InChI is InChI=1S/C21H24ClN5O/c1-2-3-12-28-17-10-8-16(9-11-17)27-21-19(23)20(25-14-26-21)24-13-15-6-4-5-7-18(15)22/h4-11,14H,2-3,12-13,23H2,1H3,(H2,24,25,26,27). The summed E-state index contributed by atoms with van der Waals surface area (Å²) in [7, 11) is 0. The Balaban J connectivity index is 1.65. The Kier molecular flexibility index (Phi) is 6.92. The van der Waals surface area contributed by atoms with E-state index in [0.717, 1.165) is 36.4 Å². The van der Waals surface area contributed by atoms with E-state index < -0.39 is 0 Å². The molecule has 0 aliphatic carbocycles. The van der Waals surface area contributed by atoms with Crippen molar-refractivity contribution in [2.75, 3.05) is 23.0 Å². The minimum Gasteiger partial charge on any atom is -0.494 e. The van der Waals surface area contributed by atoms with Gasteiger partial charge in [-0.15, -0.1) is 0 Å². The van der Waals surface area contributed by atoms with E-state index in [1.54, 1.807) is 0 Å². The van der Waals surface area contributed by atoms with Gasteiger partial charge in [0, 0.05) is 17.3 Å². The molecule has 0 amide bonds. The van der Waals surface area contributed by atoms with Crippen molar-refractivity contribution in [3.05, 3.63) is 65.4 Å². The number of hydrogen-bond donors (Lipinski definition) is 3. The molecule has 28 heavy (non-hydrogen) atoms. The first-order valence-corrected chi connectivity index (χ1v) is 9.62. The number of nitrogen functional groups attached to an aromatic ring is 1. The van der Waals surface area contributed by atoms with Crippen LogP contribution in [-0.2, 0) is 6.54 Å². The van der Waals surface area contributed by atoms with Crippen LogP contribution in [0.2, 0.25) is 5.02 Å². The fraction of sp³-hybridized carbons (Fsp3) is 0.238. The fourth-order valence-corrected chi connectivity index (χ4v) is 2.76. The van der Waals surface area contributed by atoms with Crippen molar-refractivity contribution in [3.63, 3.8) is 0 Å². The number of ether oxygens (including phenoxy) is 1. The number of anilines is 4. The third-order valence-electron chi connectivity index (χ3n) is 4.17. The van der Waals surface area contributed by atoms with E-state index in [1.807, 2.05) is 48.5 Å². The number of unbranched alkanes of at least 4 members (excludes halogenated alkanes) is 1. The second-order valence-corrected chi connectivity index (χ2v) is 6.69. The molecular formula is C21H24ClN5O. The average molecular weight is 398 g/mol. The van der Waals surface area contributed by atoms with E-state index in [0.29, 0.717) is 28.9 Å². The van der Waals surface area contributed by atoms with Crippen LogP contribution in [0.1, 0.15) is 25.3 Å². The van der Waals surface area contributed by atoms with Gasteiger partial charge in [-0.3, -0.25) is 0 Å². The number of rotatable bonds is 9. The smallest absolute Gasteiger partial charge is 0.159 e. The summed E-state index contributed by atoms with van der Waals surface area (Å²) in [6.07, 6.45) is 3.62. The first kappa shape index (κ1) is 19.8. The van der Waals surface area contributed by atoms with Gasteiger partial charge in [0.1, 0.15) is 17.8 Å². The molecule has 0 spiro atoms. The maximum atomic E-state index is 6.24. The Labute approximate surface area is 170 Å². The highest BCUT2D eigenvalue weighted by Crippen LogP contribution is 2.27. The van der Waals surface area contributed by atoms with Crippen LogP contribution in [-0.4, -0.2) is 16.6 Å². The Hall–Kier alpha value is -2.99. The lowest BCUT2D eigenvalue weighted by Gasteiger charge is -2.13. The second-order valence-electron chi connectivity index (χ2n) is 6.28. The molecule has 0 saturated carbocycles. The van der Waals surface area contributed by atoms with Gasteiger partial charge in [0.15, 0.2) is 11.6 Å². The summed E-state index contributed by atoms with van der Waals surface area (Å²) in [5.41, 5.74) is 8.51. The fourth-order valence-electron chi connectivity index (χ4n) is 2.56. The number of nitrogens with one attached hydrogen (secondary N) is 2. The zero-order chi connectivity index (χ0) is 19.8. The predicted molar refractivity (Wildman–Crippen MR) is 115 cm³/mol. The van der Waals surface area contributed by atoms with Crippen LogP contribution in [0.5, 0.6) is 5.75 Å². The molecule has 3 rings (SSSR count). The summed E-state index contributed by atoms with van der Waals surface area (Å²) < 4.78 is 5.68. The van der Waals surface area contributed by atoms with Crippen LogP contribution < -0.4 is 21.1 Å². The third-order valence-corrected chi connectivity index (χ3v) is 4.54. The number of nitrogens with zero attached hydrogens (tertiary/aromatic N) is 2. The van der Waals surface area contributed by atoms with Gasteiger partial charge in [0.25, 0.3) is 0 Å². The van der Waals surface area contributed by atoms with E-state index in [2.05, 4.69) is 27.5 Å². The number of nitrogens with two attached hydrogens (primary N) is 1. The molecule has 7 heteroatoms. The van der Waals surface area contributed by atoms with Crippen LogP contribution in [0.4, 0.5) is 23.0 Å². The molecule has 0 aliphatic heterocycles. The third kappa shape index (κ3) is 5.27. The minimum atomic E-state index is 0.442. The normalized spacial score (nSPS) is 10.5. The first-order valence-electron chi connectivity index (χ1n) is 9.25. The van der Waals surface area contributed by atoms with Crippen LogP contribution >= 0.6 is 11.6 Å². The summed E-state index contributed by atoms with van der Waals surface area (Å²) in [6.45, 7) is 3.38. The van der Waals surface area contributed by atoms with Crippen LogP contribution in [0, 0.1) is 0 Å². The van der Waals surface area contributed by atoms with Crippen molar-refractivity contribution >= 4 is 34.6 Å². The lowest BCUT2D eigenvalue weighted by molar-refractivity contribution is 0.309. The molecule has 6 nitrogen and oxygen atoms in total. The van der Waals surface area contributed by atoms with E-state index in [9.17, 15) is 0 Å². The molecule has 0 radical (unpaired) electrons. The minimum absolute atomic E-state index is 0.442. The van der Waals surface area contributed by atoms with Crippen LogP contribution in [0.3, 0.4) is 0 Å². The number of hydrogen-bond acceptors (Lipinski definition) is 6. The summed E-state index contributed by atoms with van der Waals surface area (Å²) >= 11 is 6.19. The van der Waals surface area contributed by atoms with Crippen LogP contribution in [0.25, 0.3) is 0 Å². The van der Waals surface area contributed by atoms with Crippen molar-refractivity contribution in [3.8, 4) is 5.75 Å². The van der Waals surface area contributed by atoms with Gasteiger partial charge >= 0.3 is 0 Å². The predicted octanol–water partition coefficient (Wildman–Crippen LogP) is 5.25. The maximum Gasteiger partial charge on any atom is 0.159 e. The average Bonchev–Trinajstić information content (AvgIpc) is 2.71. The summed E-state index contributed by atoms with van der Waals surface area (Å²) in [5, 5.41) is 7.13. The van der Waals surface area contributed by atoms with E-state index in [1.165, 1.54) is 6.33 Å². The highest BCUT2D eigenvalue weighted by atomic mass is 35.5. The maximum absolute atomic E-state index is 6.24. The van der Waals surface area contributed by atoms with Crippen LogP contribution in [0.15, 0.2) is 54.9 Å². The summed E-state index contributed by atoms with van der Waals surface area (Å²) in [4.78, 5) is 8.48. The van der Waals surface area contributed by atoms with Gasteiger partial charge in [-0.1, -0.05) is 43.1 Å². The number of halogens is 1. The molecule has 0 unspecified atom stereocenters. The zero-order valence-corrected chi connectivity index (χ0v) is 16.5. The largest absolute Gasteiger partial charge is 0.494 e. The van der Waals surface area contributed by atoms with Crippen molar-refractivity contribution in [1.82, 2.24) is 9.97 Å². The van der Waals surface area contributed by atoms with Gasteiger partial charge in [-0.2, -0.15) is 0 Å². The van der Waals surface area contributed by atoms with Crippen molar-refractivity contribution < 1.29 is 4.74 Å². The molecule has 0 bridgehead atoms. The molecular weight excluding hydrogens is 374 g/mol. The molecule has 2 aromatic carbocycles.